The average Bonchev–Trinajstić information content (AvgIpc) is 2.23. The predicted octanol–water partition coefficient (Wildman–Crippen LogP) is 3.64. The van der Waals surface area contributed by atoms with Crippen LogP contribution in [0, 0.1) is 0 Å². The number of ketones is 1. The molecule has 16 heavy (non-hydrogen) atoms. The number of carbonyl (C=O) groups excluding carboxylic acids is 1. The van der Waals surface area contributed by atoms with Gasteiger partial charge >= 0.3 is 0 Å². The second kappa shape index (κ2) is 7.05. The molecule has 0 atom stereocenters. The molecule has 2 nitrogen and oxygen atoms in total. The highest BCUT2D eigenvalue weighted by Crippen LogP contribution is 2.22. The Hall–Kier alpha value is -0.380. The Labute approximate surface area is 109 Å². The normalized spacial score (nSPS) is 10.4. The summed E-state index contributed by atoms with van der Waals surface area (Å²) in [5.74, 6) is 0.196. The fourth-order valence-electron chi connectivity index (χ4n) is 1.38. The molecule has 0 bridgehead atoms. The van der Waals surface area contributed by atoms with Crippen LogP contribution in [-0.4, -0.2) is 19.5 Å². The van der Waals surface area contributed by atoms with Crippen LogP contribution < -0.4 is 0 Å². The Morgan fingerprint density at radius 2 is 2.25 bits per heavy atom. The number of carbonyl (C=O) groups is 1. The fourth-order valence-corrected chi connectivity index (χ4v) is 2.12. The minimum Gasteiger partial charge on any atom is -0.385 e. The summed E-state index contributed by atoms with van der Waals surface area (Å²) in [7, 11) is 1.63. The van der Waals surface area contributed by atoms with Gasteiger partial charge in [0.05, 0.1) is 0 Å². The van der Waals surface area contributed by atoms with E-state index in [4.69, 9.17) is 16.3 Å². The standard InChI is InChI=1S/C12H14BrClO2/c1-16-6-2-3-11(15)7-9-4-5-10(13)8-12(9)14/h4-5,8H,2-3,6-7H2,1H3. The van der Waals surface area contributed by atoms with E-state index in [9.17, 15) is 4.79 Å². The molecule has 0 radical (unpaired) electrons. The van der Waals surface area contributed by atoms with Crippen molar-refractivity contribution < 1.29 is 9.53 Å². The van der Waals surface area contributed by atoms with Gasteiger partial charge in [-0.15, -0.1) is 0 Å². The van der Waals surface area contributed by atoms with Crippen LogP contribution in [0.2, 0.25) is 5.02 Å². The Kier molecular flexibility index (Phi) is 6.03. The van der Waals surface area contributed by atoms with E-state index in [1.807, 2.05) is 12.1 Å². The molecular weight excluding hydrogens is 291 g/mol. The quantitative estimate of drug-likeness (QED) is 0.750. The maximum absolute atomic E-state index is 11.6. The van der Waals surface area contributed by atoms with Gasteiger partial charge in [0, 0.05) is 36.1 Å². The molecule has 0 unspecified atom stereocenters. The van der Waals surface area contributed by atoms with Gasteiger partial charge in [0.2, 0.25) is 0 Å². The summed E-state index contributed by atoms with van der Waals surface area (Å²) >= 11 is 9.36. The first-order valence-electron chi connectivity index (χ1n) is 5.08. The maximum Gasteiger partial charge on any atom is 0.137 e. The number of methoxy groups -OCH3 is 1. The summed E-state index contributed by atoms with van der Waals surface area (Å²) in [6.45, 7) is 0.625. The van der Waals surface area contributed by atoms with Crippen molar-refractivity contribution in [2.45, 2.75) is 19.3 Å². The molecule has 0 saturated carbocycles. The number of hydrogen-bond donors (Lipinski definition) is 0. The zero-order valence-corrected chi connectivity index (χ0v) is 11.5. The van der Waals surface area contributed by atoms with Gasteiger partial charge in [-0.1, -0.05) is 33.6 Å². The highest BCUT2D eigenvalue weighted by atomic mass is 79.9. The predicted molar refractivity (Wildman–Crippen MR) is 69.0 cm³/mol. The highest BCUT2D eigenvalue weighted by Gasteiger charge is 2.07. The molecule has 0 spiro atoms. The lowest BCUT2D eigenvalue weighted by Gasteiger charge is -2.04. The smallest absolute Gasteiger partial charge is 0.137 e. The molecule has 88 valence electrons. The largest absolute Gasteiger partial charge is 0.385 e. The van der Waals surface area contributed by atoms with Crippen LogP contribution in [0.5, 0.6) is 0 Å². The minimum absolute atomic E-state index is 0.196. The molecule has 0 N–H and O–H groups in total. The Morgan fingerprint density at radius 1 is 1.50 bits per heavy atom. The zero-order chi connectivity index (χ0) is 12.0. The van der Waals surface area contributed by atoms with Gasteiger partial charge in [-0.3, -0.25) is 4.79 Å². The summed E-state index contributed by atoms with van der Waals surface area (Å²) in [6.07, 6.45) is 1.71. The number of rotatable bonds is 6. The van der Waals surface area contributed by atoms with Crippen LogP contribution in [0.15, 0.2) is 22.7 Å². The topological polar surface area (TPSA) is 26.3 Å². The Bertz CT molecular complexity index is 366. The molecule has 0 aliphatic heterocycles. The van der Waals surface area contributed by atoms with Crippen molar-refractivity contribution in [1.82, 2.24) is 0 Å². The van der Waals surface area contributed by atoms with E-state index in [-0.39, 0.29) is 5.78 Å². The molecule has 0 fully saturated rings. The lowest BCUT2D eigenvalue weighted by Crippen LogP contribution is -2.04. The van der Waals surface area contributed by atoms with Crippen molar-refractivity contribution in [1.29, 1.82) is 0 Å². The van der Waals surface area contributed by atoms with Crippen molar-refractivity contribution in [3.05, 3.63) is 33.3 Å². The van der Waals surface area contributed by atoms with Crippen molar-refractivity contribution in [2.75, 3.05) is 13.7 Å². The minimum atomic E-state index is 0.196. The van der Waals surface area contributed by atoms with Crippen molar-refractivity contribution in [3.8, 4) is 0 Å². The van der Waals surface area contributed by atoms with Gasteiger partial charge in [0.25, 0.3) is 0 Å². The summed E-state index contributed by atoms with van der Waals surface area (Å²) in [5.41, 5.74) is 0.882. The average molecular weight is 306 g/mol. The van der Waals surface area contributed by atoms with Crippen molar-refractivity contribution >= 4 is 33.3 Å². The number of ether oxygens (including phenoxy) is 1. The lowest BCUT2D eigenvalue weighted by atomic mass is 10.1. The van der Waals surface area contributed by atoms with Gasteiger partial charge in [0.15, 0.2) is 0 Å². The van der Waals surface area contributed by atoms with Gasteiger partial charge in [-0.2, -0.15) is 0 Å². The molecule has 0 aliphatic rings. The van der Waals surface area contributed by atoms with Crippen molar-refractivity contribution in [2.24, 2.45) is 0 Å². The van der Waals surface area contributed by atoms with Crippen LogP contribution in [0.1, 0.15) is 18.4 Å². The molecule has 0 amide bonds. The third-order valence-electron chi connectivity index (χ3n) is 2.21. The van der Waals surface area contributed by atoms with Gasteiger partial charge < -0.3 is 4.74 Å². The Balaban J connectivity index is 2.49. The van der Waals surface area contributed by atoms with Crippen LogP contribution in [0.4, 0.5) is 0 Å². The molecular formula is C12H14BrClO2. The van der Waals surface area contributed by atoms with Crippen molar-refractivity contribution in [3.63, 3.8) is 0 Å². The highest BCUT2D eigenvalue weighted by molar-refractivity contribution is 9.10. The monoisotopic (exact) mass is 304 g/mol. The van der Waals surface area contributed by atoms with Crippen LogP contribution in [0.3, 0.4) is 0 Å². The number of hydrogen-bond acceptors (Lipinski definition) is 2. The fraction of sp³-hybridized carbons (Fsp3) is 0.417. The Morgan fingerprint density at radius 3 is 2.88 bits per heavy atom. The van der Waals surface area contributed by atoms with E-state index in [0.29, 0.717) is 24.5 Å². The molecule has 0 heterocycles. The summed E-state index contributed by atoms with van der Waals surface area (Å²) in [6, 6.07) is 5.57. The van der Waals surface area contributed by atoms with Gasteiger partial charge in [0.1, 0.15) is 5.78 Å². The first-order valence-corrected chi connectivity index (χ1v) is 6.25. The molecule has 1 rings (SSSR count). The van der Waals surface area contributed by atoms with E-state index in [2.05, 4.69) is 15.9 Å². The molecule has 0 aliphatic carbocycles. The third-order valence-corrected chi connectivity index (χ3v) is 3.05. The van der Waals surface area contributed by atoms with Crippen LogP contribution >= 0.6 is 27.5 Å². The molecule has 0 saturated heterocycles. The molecule has 1 aromatic carbocycles. The molecule has 4 heteroatoms. The maximum atomic E-state index is 11.6. The number of halogens is 2. The van der Waals surface area contributed by atoms with Gasteiger partial charge in [-0.25, -0.2) is 0 Å². The third kappa shape index (κ3) is 4.64. The first-order chi connectivity index (χ1) is 7.63. The van der Waals surface area contributed by atoms with E-state index >= 15 is 0 Å². The van der Waals surface area contributed by atoms with E-state index in [0.717, 1.165) is 16.5 Å². The number of Topliss-reactive ketones (excluding diaryl/α,β-unsaturated/α-hetero) is 1. The van der Waals surface area contributed by atoms with Gasteiger partial charge in [-0.05, 0) is 24.1 Å². The molecule has 0 aromatic heterocycles. The summed E-state index contributed by atoms with van der Waals surface area (Å²) in [4.78, 5) is 11.6. The number of benzene rings is 1. The first kappa shape index (κ1) is 13.7. The van der Waals surface area contributed by atoms with Crippen LogP contribution in [-0.2, 0) is 16.0 Å². The SMILES string of the molecule is COCCCC(=O)Cc1ccc(Br)cc1Cl. The lowest BCUT2D eigenvalue weighted by molar-refractivity contribution is -0.118. The van der Waals surface area contributed by atoms with E-state index in [1.54, 1.807) is 13.2 Å². The van der Waals surface area contributed by atoms with Crippen LogP contribution in [0.25, 0.3) is 0 Å². The summed E-state index contributed by atoms with van der Waals surface area (Å²) in [5, 5.41) is 0.634. The second-order valence-corrected chi connectivity index (χ2v) is 4.87. The second-order valence-electron chi connectivity index (χ2n) is 3.55. The zero-order valence-electron chi connectivity index (χ0n) is 9.13. The van der Waals surface area contributed by atoms with E-state index < -0.39 is 0 Å². The van der Waals surface area contributed by atoms with E-state index in [1.165, 1.54) is 0 Å². The summed E-state index contributed by atoms with van der Waals surface area (Å²) < 4.78 is 5.82. The molecule has 1 aromatic rings.